The highest BCUT2D eigenvalue weighted by Crippen LogP contribution is 2.29. The van der Waals surface area contributed by atoms with Crippen LogP contribution >= 0.6 is 11.6 Å². The van der Waals surface area contributed by atoms with Gasteiger partial charge in [-0.05, 0) is 18.6 Å². The molecule has 0 saturated carbocycles. The smallest absolute Gasteiger partial charge is 0.245 e. The number of amides is 2. The molecule has 8 heteroatoms. The van der Waals surface area contributed by atoms with Crippen LogP contribution < -0.4 is 5.32 Å². The Morgan fingerprint density at radius 1 is 1.18 bits per heavy atom. The van der Waals surface area contributed by atoms with Gasteiger partial charge in [-0.25, -0.2) is 4.68 Å². The minimum absolute atomic E-state index is 0.0340. The summed E-state index contributed by atoms with van der Waals surface area (Å²) in [6.45, 7) is 9.00. The third kappa shape index (κ3) is 8.16. The van der Waals surface area contributed by atoms with E-state index in [0.29, 0.717) is 36.1 Å². The van der Waals surface area contributed by atoms with Crippen LogP contribution in [-0.2, 0) is 19.7 Å². The quantitative estimate of drug-likeness (QED) is 0.427. The fourth-order valence-electron chi connectivity index (χ4n) is 3.35. The molecule has 0 unspecified atom stereocenters. The largest absolute Gasteiger partial charge is 0.383 e. The first-order valence-corrected chi connectivity index (χ1v) is 12.0. The van der Waals surface area contributed by atoms with Crippen LogP contribution in [0.25, 0.3) is 5.69 Å². The van der Waals surface area contributed by atoms with Crippen molar-refractivity contribution in [1.82, 2.24) is 14.7 Å². The molecule has 0 bridgehead atoms. The summed E-state index contributed by atoms with van der Waals surface area (Å²) in [5, 5.41) is 8.17. The van der Waals surface area contributed by atoms with Gasteiger partial charge in [0.1, 0.15) is 5.82 Å². The van der Waals surface area contributed by atoms with Crippen LogP contribution in [0.2, 0.25) is 5.02 Å². The van der Waals surface area contributed by atoms with E-state index in [1.165, 1.54) is 0 Å². The SMILES string of the molecule is CCCCCCC(=O)N(CCOC)CC(=O)Nc1cc(C(C)(C)C)nn1-c1ccccc1Cl. The lowest BCUT2D eigenvalue weighted by Gasteiger charge is -2.22. The van der Waals surface area contributed by atoms with E-state index >= 15 is 0 Å². The van der Waals surface area contributed by atoms with Gasteiger partial charge in [0.25, 0.3) is 0 Å². The molecule has 0 radical (unpaired) electrons. The van der Waals surface area contributed by atoms with Gasteiger partial charge in [-0.3, -0.25) is 9.59 Å². The first-order valence-electron chi connectivity index (χ1n) is 11.6. The number of nitrogens with one attached hydrogen (secondary N) is 1. The summed E-state index contributed by atoms with van der Waals surface area (Å²) in [6, 6.07) is 9.20. The molecule has 7 nitrogen and oxygen atoms in total. The molecule has 1 N–H and O–H groups in total. The van der Waals surface area contributed by atoms with Crippen molar-refractivity contribution in [2.24, 2.45) is 0 Å². The molecule has 0 spiro atoms. The normalized spacial score (nSPS) is 11.5. The van der Waals surface area contributed by atoms with E-state index in [0.717, 1.165) is 31.4 Å². The van der Waals surface area contributed by atoms with E-state index in [1.807, 2.05) is 24.3 Å². The van der Waals surface area contributed by atoms with Gasteiger partial charge in [-0.15, -0.1) is 0 Å². The van der Waals surface area contributed by atoms with Crippen molar-refractivity contribution in [2.45, 2.75) is 65.2 Å². The minimum atomic E-state index is -0.290. The Labute approximate surface area is 202 Å². The van der Waals surface area contributed by atoms with Gasteiger partial charge in [-0.1, -0.05) is 70.7 Å². The van der Waals surface area contributed by atoms with E-state index in [4.69, 9.17) is 21.4 Å². The van der Waals surface area contributed by atoms with Crippen LogP contribution in [0.15, 0.2) is 30.3 Å². The summed E-state index contributed by atoms with van der Waals surface area (Å²) in [7, 11) is 1.58. The van der Waals surface area contributed by atoms with Crippen LogP contribution in [0, 0.1) is 0 Å². The van der Waals surface area contributed by atoms with Crippen molar-refractivity contribution in [3.8, 4) is 5.69 Å². The van der Waals surface area contributed by atoms with Crippen LogP contribution in [0.5, 0.6) is 0 Å². The number of aromatic nitrogens is 2. The van der Waals surface area contributed by atoms with E-state index < -0.39 is 0 Å². The number of rotatable bonds is 12. The van der Waals surface area contributed by atoms with Crippen LogP contribution in [-0.4, -0.2) is 53.3 Å². The Morgan fingerprint density at radius 3 is 2.55 bits per heavy atom. The summed E-state index contributed by atoms with van der Waals surface area (Å²) < 4.78 is 6.79. The topological polar surface area (TPSA) is 76.5 Å². The summed E-state index contributed by atoms with van der Waals surface area (Å²) in [6.07, 6.45) is 4.49. The van der Waals surface area contributed by atoms with Gasteiger partial charge < -0.3 is 15.0 Å². The first kappa shape index (κ1) is 26.9. The number of anilines is 1. The predicted octanol–water partition coefficient (Wildman–Crippen LogP) is 5.21. The third-order valence-corrected chi connectivity index (χ3v) is 5.64. The Bertz CT molecular complexity index is 921. The highest BCUT2D eigenvalue weighted by molar-refractivity contribution is 6.32. The monoisotopic (exact) mass is 476 g/mol. The number of para-hydroxylation sites is 1. The molecule has 0 fully saturated rings. The molecular weight excluding hydrogens is 440 g/mol. The van der Waals surface area contributed by atoms with Gasteiger partial charge >= 0.3 is 0 Å². The second-order valence-corrected chi connectivity index (χ2v) is 9.60. The second-order valence-electron chi connectivity index (χ2n) is 9.19. The van der Waals surface area contributed by atoms with Crippen molar-refractivity contribution in [3.05, 3.63) is 41.0 Å². The van der Waals surface area contributed by atoms with Crippen LogP contribution in [0.1, 0.15) is 65.5 Å². The number of halogens is 1. The maximum Gasteiger partial charge on any atom is 0.245 e. The Balaban J connectivity index is 2.20. The second kappa shape index (κ2) is 12.8. The zero-order valence-corrected chi connectivity index (χ0v) is 21.2. The number of carbonyl (C=O) groups is 2. The fraction of sp³-hybridized carbons (Fsp3) is 0.560. The molecule has 0 saturated heterocycles. The van der Waals surface area contributed by atoms with E-state index in [-0.39, 0.29) is 23.8 Å². The molecular formula is C25H37ClN4O3. The molecule has 1 aromatic carbocycles. The summed E-state index contributed by atoms with van der Waals surface area (Å²) >= 11 is 6.40. The number of benzene rings is 1. The van der Waals surface area contributed by atoms with E-state index in [2.05, 4.69) is 33.0 Å². The lowest BCUT2D eigenvalue weighted by molar-refractivity contribution is -0.135. The number of unbranched alkanes of at least 4 members (excludes halogenated alkanes) is 3. The average molecular weight is 477 g/mol. The lowest BCUT2D eigenvalue weighted by Crippen LogP contribution is -2.40. The zero-order chi connectivity index (χ0) is 24.4. The number of carbonyl (C=O) groups excluding carboxylic acids is 2. The van der Waals surface area contributed by atoms with Crippen molar-refractivity contribution in [2.75, 3.05) is 32.1 Å². The molecule has 1 heterocycles. The van der Waals surface area contributed by atoms with Gasteiger partial charge in [0.05, 0.1) is 29.6 Å². The van der Waals surface area contributed by atoms with Crippen molar-refractivity contribution >= 4 is 29.2 Å². The molecule has 2 amide bonds. The Hall–Kier alpha value is -2.38. The Kier molecular flexibility index (Phi) is 10.4. The zero-order valence-electron chi connectivity index (χ0n) is 20.5. The van der Waals surface area contributed by atoms with Gasteiger partial charge in [0.2, 0.25) is 11.8 Å². The number of ether oxygens (including phenoxy) is 1. The predicted molar refractivity (Wildman–Crippen MR) is 133 cm³/mol. The number of hydrogen-bond donors (Lipinski definition) is 1. The number of nitrogens with zero attached hydrogens (tertiary/aromatic N) is 3. The Morgan fingerprint density at radius 2 is 1.91 bits per heavy atom. The maximum atomic E-state index is 13.0. The third-order valence-electron chi connectivity index (χ3n) is 5.32. The highest BCUT2D eigenvalue weighted by Gasteiger charge is 2.23. The molecule has 0 aliphatic heterocycles. The van der Waals surface area contributed by atoms with Crippen molar-refractivity contribution < 1.29 is 14.3 Å². The summed E-state index contributed by atoms with van der Waals surface area (Å²) in [5.74, 6) is 0.190. The summed E-state index contributed by atoms with van der Waals surface area (Å²) in [4.78, 5) is 27.3. The first-order chi connectivity index (χ1) is 15.7. The van der Waals surface area contributed by atoms with Crippen LogP contribution in [0.3, 0.4) is 0 Å². The number of methoxy groups -OCH3 is 1. The molecule has 182 valence electrons. The van der Waals surface area contributed by atoms with Gasteiger partial charge in [0, 0.05) is 31.6 Å². The molecule has 0 aliphatic carbocycles. The molecule has 2 aromatic rings. The average Bonchev–Trinajstić information content (AvgIpc) is 3.18. The maximum absolute atomic E-state index is 13.0. The van der Waals surface area contributed by atoms with Crippen molar-refractivity contribution in [3.63, 3.8) is 0 Å². The minimum Gasteiger partial charge on any atom is -0.383 e. The highest BCUT2D eigenvalue weighted by atomic mass is 35.5. The number of hydrogen-bond acceptors (Lipinski definition) is 4. The van der Waals surface area contributed by atoms with Crippen LogP contribution in [0.4, 0.5) is 5.82 Å². The van der Waals surface area contributed by atoms with Crippen molar-refractivity contribution in [1.29, 1.82) is 0 Å². The molecule has 1 aromatic heterocycles. The fourth-order valence-corrected chi connectivity index (χ4v) is 3.57. The van der Waals surface area contributed by atoms with Gasteiger partial charge in [0.15, 0.2) is 0 Å². The van der Waals surface area contributed by atoms with E-state index in [1.54, 1.807) is 22.8 Å². The molecule has 2 rings (SSSR count). The van der Waals surface area contributed by atoms with E-state index in [9.17, 15) is 9.59 Å². The molecule has 33 heavy (non-hydrogen) atoms. The van der Waals surface area contributed by atoms with Gasteiger partial charge in [-0.2, -0.15) is 5.10 Å². The standard InChI is InChI=1S/C25H37ClN4O3/c1-6-7-8-9-14-24(32)29(15-16-33-5)18-23(31)27-22-17-21(25(2,3)4)28-30(22)20-13-11-10-12-19(20)26/h10-13,17H,6-9,14-16,18H2,1-5H3,(H,27,31). The lowest BCUT2D eigenvalue weighted by atomic mass is 9.92. The molecule has 0 atom stereocenters. The summed E-state index contributed by atoms with van der Waals surface area (Å²) in [5.41, 5.74) is 1.28. The molecule has 0 aliphatic rings.